The lowest BCUT2D eigenvalue weighted by Crippen LogP contribution is -2.57. The second kappa shape index (κ2) is 9.68. The molecule has 0 aliphatic carbocycles. The molecule has 2 N–H and O–H groups in total. The van der Waals surface area contributed by atoms with Gasteiger partial charge in [-0.3, -0.25) is 14.5 Å². The summed E-state index contributed by atoms with van der Waals surface area (Å²) < 4.78 is 20.1. The van der Waals surface area contributed by atoms with Crippen molar-refractivity contribution >= 4 is 29.1 Å². The van der Waals surface area contributed by atoms with Crippen molar-refractivity contribution in [1.82, 2.24) is 10.2 Å². The minimum absolute atomic E-state index is 0.0102. The minimum Gasteiger partial charge on any atom is -0.378 e. The first kappa shape index (κ1) is 24.7. The van der Waals surface area contributed by atoms with Crippen molar-refractivity contribution in [3.63, 3.8) is 0 Å². The number of anilines is 1. The van der Waals surface area contributed by atoms with Crippen molar-refractivity contribution in [3.05, 3.63) is 76.3 Å². The van der Waals surface area contributed by atoms with Crippen LogP contribution in [0.2, 0.25) is 5.02 Å². The highest BCUT2D eigenvalue weighted by Gasteiger charge is 2.43. The molecule has 2 fully saturated rings. The van der Waals surface area contributed by atoms with E-state index in [9.17, 15) is 14.0 Å². The molecule has 9 heteroatoms. The molecule has 35 heavy (non-hydrogen) atoms. The van der Waals surface area contributed by atoms with Crippen LogP contribution < -0.4 is 10.6 Å². The molecule has 1 unspecified atom stereocenters. The zero-order chi connectivity index (χ0) is 25.3. The van der Waals surface area contributed by atoms with E-state index >= 15 is 0 Å². The van der Waals surface area contributed by atoms with Crippen molar-refractivity contribution in [3.8, 4) is 6.07 Å². The van der Waals surface area contributed by atoms with Gasteiger partial charge >= 0.3 is 0 Å². The van der Waals surface area contributed by atoms with Crippen LogP contribution in [0.25, 0.3) is 0 Å². The van der Waals surface area contributed by atoms with E-state index < -0.39 is 17.3 Å². The van der Waals surface area contributed by atoms with Gasteiger partial charge in [0.15, 0.2) is 5.82 Å². The third-order valence-corrected chi connectivity index (χ3v) is 6.92. The number of hydrogen-bond acceptors (Lipinski definition) is 5. The van der Waals surface area contributed by atoms with Gasteiger partial charge in [0.1, 0.15) is 11.9 Å². The first-order valence-electron chi connectivity index (χ1n) is 11.3. The van der Waals surface area contributed by atoms with Crippen LogP contribution in [0.3, 0.4) is 0 Å². The molecule has 2 aliphatic heterocycles. The number of nitrogens with one attached hydrogen (secondary N) is 2. The maximum absolute atomic E-state index is 14.5. The highest BCUT2D eigenvalue weighted by molar-refractivity contribution is 6.34. The van der Waals surface area contributed by atoms with E-state index in [1.54, 1.807) is 29.2 Å². The average Bonchev–Trinajstić information content (AvgIpc) is 2.80. The first-order valence-corrected chi connectivity index (χ1v) is 11.7. The monoisotopic (exact) mass is 496 g/mol. The fraction of sp³-hybridized carbons (Fsp3) is 0.346. The quantitative estimate of drug-likeness (QED) is 0.641. The summed E-state index contributed by atoms with van der Waals surface area (Å²) in [5.41, 5.74) is -0.504. The topological polar surface area (TPSA) is 94.5 Å². The van der Waals surface area contributed by atoms with Gasteiger partial charge in [-0.05, 0) is 50.5 Å². The van der Waals surface area contributed by atoms with Crippen LogP contribution in [0.15, 0.2) is 48.8 Å². The van der Waals surface area contributed by atoms with Crippen molar-refractivity contribution in [2.45, 2.75) is 50.8 Å². The number of ether oxygens (including phenoxy) is 1. The van der Waals surface area contributed by atoms with E-state index in [1.807, 2.05) is 13.8 Å². The predicted molar refractivity (Wildman–Crippen MR) is 130 cm³/mol. The molecule has 4 rings (SSSR count). The Morgan fingerprint density at radius 2 is 2.11 bits per heavy atom. The number of benzene rings is 2. The van der Waals surface area contributed by atoms with E-state index in [-0.39, 0.29) is 46.3 Å². The van der Waals surface area contributed by atoms with Gasteiger partial charge in [-0.15, -0.1) is 0 Å². The lowest BCUT2D eigenvalue weighted by atomic mass is 9.85. The molecule has 182 valence electrons. The zero-order valence-corrected chi connectivity index (χ0v) is 20.3. The Kier molecular flexibility index (Phi) is 6.84. The molecule has 2 amide bonds. The van der Waals surface area contributed by atoms with E-state index in [0.29, 0.717) is 18.0 Å². The molecule has 3 atom stereocenters. The average molecular weight is 497 g/mol. The number of halogens is 2. The summed E-state index contributed by atoms with van der Waals surface area (Å²) in [4.78, 5) is 27.7. The molecule has 0 saturated carbocycles. The van der Waals surface area contributed by atoms with Gasteiger partial charge in [0.05, 0.1) is 39.9 Å². The Bertz CT molecular complexity index is 1220. The highest BCUT2D eigenvalue weighted by atomic mass is 35.5. The Balaban J connectivity index is 1.58. The largest absolute Gasteiger partial charge is 0.378 e. The van der Waals surface area contributed by atoms with Crippen LogP contribution in [0, 0.1) is 17.1 Å². The molecule has 0 spiro atoms. The van der Waals surface area contributed by atoms with Crippen molar-refractivity contribution in [2.75, 3.05) is 11.9 Å². The number of carbonyl (C=O) groups is 2. The summed E-state index contributed by atoms with van der Waals surface area (Å²) in [6.45, 7) is 8.53. The Labute approximate surface area is 208 Å². The van der Waals surface area contributed by atoms with Crippen molar-refractivity contribution in [1.29, 1.82) is 5.26 Å². The Morgan fingerprint density at radius 3 is 2.80 bits per heavy atom. The fourth-order valence-electron chi connectivity index (χ4n) is 4.79. The summed E-state index contributed by atoms with van der Waals surface area (Å²) >= 11 is 6.69. The molecular weight excluding hydrogens is 471 g/mol. The van der Waals surface area contributed by atoms with E-state index in [2.05, 4.69) is 17.2 Å². The van der Waals surface area contributed by atoms with Gasteiger partial charge < -0.3 is 15.4 Å². The third kappa shape index (κ3) is 4.75. The maximum atomic E-state index is 14.5. The molecule has 2 aromatic carbocycles. The summed E-state index contributed by atoms with van der Waals surface area (Å²) in [5.74, 6) is -1.22. The summed E-state index contributed by atoms with van der Waals surface area (Å²) in [7, 11) is 0. The van der Waals surface area contributed by atoms with E-state index in [4.69, 9.17) is 21.6 Å². The number of amides is 2. The summed E-state index contributed by atoms with van der Waals surface area (Å²) in [6, 6.07) is 10.8. The molecule has 0 bridgehead atoms. The van der Waals surface area contributed by atoms with Gasteiger partial charge in [0.2, 0.25) is 5.91 Å². The lowest BCUT2D eigenvalue weighted by Gasteiger charge is -2.46. The SMILES string of the molecule is C=C1N[C@](C)(c2cccc(NC(=O)c3cccc(C#N)c3F)c2Cl)CC(=O)N1[C@@H]1CCOC(C)C1. The van der Waals surface area contributed by atoms with Crippen LogP contribution >= 0.6 is 11.6 Å². The predicted octanol–water partition coefficient (Wildman–Crippen LogP) is 4.68. The zero-order valence-electron chi connectivity index (χ0n) is 19.5. The van der Waals surface area contributed by atoms with E-state index in [0.717, 1.165) is 12.8 Å². The minimum atomic E-state index is -0.898. The number of nitrogens with zero attached hydrogens (tertiary/aromatic N) is 2. The molecule has 0 radical (unpaired) electrons. The normalized spacial score (nSPS) is 24.5. The second-order valence-electron chi connectivity index (χ2n) is 9.10. The Morgan fingerprint density at radius 1 is 1.37 bits per heavy atom. The van der Waals surface area contributed by atoms with Crippen LogP contribution in [0.1, 0.15) is 54.6 Å². The van der Waals surface area contributed by atoms with Crippen molar-refractivity contribution in [2.24, 2.45) is 0 Å². The van der Waals surface area contributed by atoms with Gasteiger partial charge in [0, 0.05) is 12.6 Å². The highest BCUT2D eigenvalue weighted by Crippen LogP contribution is 2.40. The molecule has 2 saturated heterocycles. The number of carbonyl (C=O) groups excluding carboxylic acids is 2. The van der Waals surface area contributed by atoms with Crippen LogP contribution in [-0.4, -0.2) is 35.5 Å². The van der Waals surface area contributed by atoms with Gasteiger partial charge in [-0.25, -0.2) is 4.39 Å². The van der Waals surface area contributed by atoms with Gasteiger partial charge in [-0.2, -0.15) is 5.26 Å². The molecule has 2 aliphatic rings. The van der Waals surface area contributed by atoms with Gasteiger partial charge in [0.25, 0.3) is 5.91 Å². The summed E-state index contributed by atoms with van der Waals surface area (Å²) in [6.07, 6.45) is 1.67. The number of hydrogen-bond donors (Lipinski definition) is 2. The standard InChI is InChI=1S/C26H26ClFN4O3/c1-15-12-18(10-11-35-15)32-16(2)31-26(3,13-22(32)33)20-8-5-9-21(23(20)27)30-25(34)19-7-4-6-17(14-29)24(19)28/h4-9,15,18,31H,2,10-13H2,1,3H3,(H,30,34)/t15?,18-,26+/m1/s1. The number of nitriles is 1. The molecule has 2 aromatic rings. The fourth-order valence-corrected chi connectivity index (χ4v) is 5.18. The first-order chi connectivity index (χ1) is 16.6. The molecule has 0 aromatic heterocycles. The number of rotatable bonds is 4. The van der Waals surface area contributed by atoms with Crippen molar-refractivity contribution < 1.29 is 18.7 Å². The van der Waals surface area contributed by atoms with Gasteiger partial charge in [-0.1, -0.05) is 36.4 Å². The maximum Gasteiger partial charge on any atom is 0.258 e. The van der Waals surface area contributed by atoms with Crippen LogP contribution in [0.4, 0.5) is 10.1 Å². The lowest BCUT2D eigenvalue weighted by molar-refractivity contribution is -0.138. The van der Waals surface area contributed by atoms with Crippen LogP contribution in [0.5, 0.6) is 0 Å². The Hall–Kier alpha value is -3.41. The smallest absolute Gasteiger partial charge is 0.258 e. The molecule has 2 heterocycles. The summed E-state index contributed by atoms with van der Waals surface area (Å²) in [5, 5.41) is 15.2. The molecular formula is C26H26ClFN4O3. The molecule has 7 nitrogen and oxygen atoms in total. The van der Waals surface area contributed by atoms with Crippen LogP contribution in [-0.2, 0) is 15.1 Å². The third-order valence-electron chi connectivity index (χ3n) is 6.51. The van der Waals surface area contributed by atoms with E-state index in [1.165, 1.54) is 18.2 Å². The second-order valence-corrected chi connectivity index (χ2v) is 9.48.